The number of benzene rings is 3. The third-order valence-electron chi connectivity index (χ3n) is 3.09. The molecule has 3 aromatic carbocycles. The van der Waals surface area contributed by atoms with Gasteiger partial charge < -0.3 is 0 Å². The van der Waals surface area contributed by atoms with E-state index in [-0.39, 0.29) is 0 Å². The summed E-state index contributed by atoms with van der Waals surface area (Å²) in [4.78, 5) is 0. The second-order valence-electron chi connectivity index (χ2n) is 4.19. The van der Waals surface area contributed by atoms with Gasteiger partial charge in [-0.1, -0.05) is 69.6 Å². The molecule has 0 nitrogen and oxygen atoms in total. The molecule has 0 bridgehead atoms. The van der Waals surface area contributed by atoms with Crippen LogP contribution in [-0.2, 0) is 0 Å². The summed E-state index contributed by atoms with van der Waals surface area (Å²) < 4.78 is 0. The molecule has 20 heavy (non-hydrogen) atoms. The first-order valence-electron chi connectivity index (χ1n) is 5.46. The van der Waals surface area contributed by atoms with Crippen molar-refractivity contribution in [2.45, 2.75) is 0 Å². The fraction of sp³-hybridized carbons (Fsp3) is 0. The second-order valence-corrected chi connectivity index (χ2v) is 6.57. The molecule has 0 aromatic heterocycles. The van der Waals surface area contributed by atoms with Crippen molar-refractivity contribution >= 4 is 91.2 Å². The molecule has 0 spiro atoms. The Kier molecular flexibility index (Phi) is 3.92. The van der Waals surface area contributed by atoms with Crippen molar-refractivity contribution < 1.29 is 0 Å². The van der Waals surface area contributed by atoms with Crippen molar-refractivity contribution in [3.05, 3.63) is 54.4 Å². The molecule has 0 aliphatic rings. The summed E-state index contributed by atoms with van der Waals surface area (Å²) in [5.74, 6) is 0. The fourth-order valence-electron chi connectivity index (χ4n) is 2.21. The number of hydrogen-bond acceptors (Lipinski definition) is 0. The van der Waals surface area contributed by atoms with E-state index in [2.05, 4.69) is 0 Å². The molecule has 102 valence electrons. The molecule has 0 saturated carbocycles. The highest BCUT2D eigenvalue weighted by molar-refractivity contribution is 6.56. The van der Waals surface area contributed by atoms with Gasteiger partial charge in [0.2, 0.25) is 0 Å². The molecule has 0 saturated heterocycles. The molecule has 3 rings (SSSR count). The largest absolute Gasteiger partial charge is 0.0836 e. The average Bonchev–Trinajstić information content (AvgIpc) is 2.41. The predicted molar refractivity (Wildman–Crippen MR) is 91.5 cm³/mol. The molecule has 0 N–H and O–H groups in total. The van der Waals surface area contributed by atoms with Crippen molar-refractivity contribution in [1.29, 1.82) is 0 Å². The molecule has 0 aliphatic carbocycles. The molecule has 0 aliphatic heterocycles. The third kappa shape index (κ3) is 2.06. The van der Waals surface area contributed by atoms with Crippen molar-refractivity contribution in [1.82, 2.24) is 0 Å². The van der Waals surface area contributed by atoms with E-state index in [9.17, 15) is 0 Å². The normalized spacial score (nSPS) is 11.5. The van der Waals surface area contributed by atoms with E-state index in [1.807, 2.05) is 0 Å². The Bertz CT molecular complexity index is 728. The zero-order valence-electron chi connectivity index (χ0n) is 9.58. The Morgan fingerprint density at radius 2 is 0.600 bits per heavy atom. The molecule has 6 heteroatoms. The van der Waals surface area contributed by atoms with Gasteiger partial charge in [0.1, 0.15) is 0 Å². The Balaban J connectivity index is 2.77. The molecule has 3 aromatic rings. The number of halogens is 6. The van der Waals surface area contributed by atoms with Crippen molar-refractivity contribution in [3.8, 4) is 0 Å². The predicted octanol–water partition coefficient (Wildman–Crippen LogP) is 7.91. The lowest BCUT2D eigenvalue weighted by Gasteiger charge is -2.14. The van der Waals surface area contributed by atoms with Crippen LogP contribution >= 0.6 is 69.6 Å². The smallest absolute Gasteiger partial charge is 0.0594 e. The summed E-state index contributed by atoms with van der Waals surface area (Å²) in [6, 6.07) is 6.66. The van der Waals surface area contributed by atoms with E-state index < -0.39 is 0 Å². The van der Waals surface area contributed by atoms with Crippen LogP contribution in [0, 0.1) is 0 Å². The number of fused-ring (bicyclic) bond motifs is 2. The molecular formula is C14H4Cl6. The van der Waals surface area contributed by atoms with Crippen LogP contribution in [0.1, 0.15) is 0 Å². The average molecular weight is 385 g/mol. The third-order valence-corrected chi connectivity index (χ3v) is 5.10. The standard InChI is InChI=1S/C14H4Cl6/c15-5-1-2-6(16)10-9(5)13(19)11-7(17)3-4-8(18)12(11)14(10)20/h1-4H. The molecule has 0 radical (unpaired) electrons. The summed E-state index contributed by atoms with van der Waals surface area (Å²) in [5, 5.41) is 4.88. The Morgan fingerprint density at radius 3 is 0.800 bits per heavy atom. The first kappa shape index (κ1) is 14.8. The maximum atomic E-state index is 6.46. The van der Waals surface area contributed by atoms with E-state index in [0.717, 1.165) is 0 Å². The quantitative estimate of drug-likeness (QED) is 0.345. The van der Waals surface area contributed by atoms with E-state index in [1.165, 1.54) is 0 Å². The summed E-state index contributed by atoms with van der Waals surface area (Å²) >= 11 is 37.8. The minimum atomic E-state index is 0.388. The summed E-state index contributed by atoms with van der Waals surface area (Å²) in [6.45, 7) is 0. The van der Waals surface area contributed by atoms with Gasteiger partial charge >= 0.3 is 0 Å². The minimum Gasteiger partial charge on any atom is -0.0836 e. The van der Waals surface area contributed by atoms with Gasteiger partial charge in [0.25, 0.3) is 0 Å². The minimum absolute atomic E-state index is 0.388. The maximum absolute atomic E-state index is 6.46. The van der Waals surface area contributed by atoms with E-state index in [4.69, 9.17) is 69.6 Å². The second kappa shape index (κ2) is 5.28. The highest BCUT2D eigenvalue weighted by atomic mass is 35.5. The van der Waals surface area contributed by atoms with Crippen LogP contribution in [0.2, 0.25) is 30.1 Å². The van der Waals surface area contributed by atoms with Crippen molar-refractivity contribution in [3.63, 3.8) is 0 Å². The first-order valence-corrected chi connectivity index (χ1v) is 7.72. The Morgan fingerprint density at radius 1 is 0.400 bits per heavy atom. The van der Waals surface area contributed by atoms with Gasteiger partial charge in [0, 0.05) is 21.5 Å². The molecule has 0 heterocycles. The van der Waals surface area contributed by atoms with Crippen LogP contribution in [0.4, 0.5) is 0 Å². The highest BCUT2D eigenvalue weighted by Crippen LogP contribution is 2.48. The van der Waals surface area contributed by atoms with Crippen LogP contribution in [0.5, 0.6) is 0 Å². The van der Waals surface area contributed by atoms with Gasteiger partial charge in [-0.05, 0) is 24.3 Å². The summed E-state index contributed by atoms with van der Waals surface area (Å²) in [7, 11) is 0. The first-order chi connectivity index (χ1) is 9.43. The van der Waals surface area contributed by atoms with Crippen LogP contribution in [0.3, 0.4) is 0 Å². The number of hydrogen-bond donors (Lipinski definition) is 0. The van der Waals surface area contributed by atoms with E-state index >= 15 is 0 Å². The lowest BCUT2D eigenvalue weighted by atomic mass is 10.0. The fourth-order valence-corrected chi connectivity index (χ4v) is 4.20. The number of rotatable bonds is 0. The van der Waals surface area contributed by atoms with Gasteiger partial charge in [-0.2, -0.15) is 0 Å². The van der Waals surface area contributed by atoms with Gasteiger partial charge in [0.05, 0.1) is 30.1 Å². The lowest BCUT2D eigenvalue weighted by Crippen LogP contribution is -1.86. The van der Waals surface area contributed by atoms with Crippen LogP contribution in [0.25, 0.3) is 21.5 Å². The van der Waals surface area contributed by atoms with Crippen LogP contribution < -0.4 is 0 Å². The SMILES string of the molecule is Clc1ccc(Cl)c2c(Cl)c3c(Cl)ccc(Cl)c3c(Cl)c12. The van der Waals surface area contributed by atoms with Gasteiger partial charge in [0.15, 0.2) is 0 Å². The van der Waals surface area contributed by atoms with E-state index in [0.29, 0.717) is 51.7 Å². The zero-order valence-corrected chi connectivity index (χ0v) is 14.1. The molecular weight excluding hydrogens is 381 g/mol. The molecule has 0 atom stereocenters. The monoisotopic (exact) mass is 382 g/mol. The van der Waals surface area contributed by atoms with Gasteiger partial charge in [-0.15, -0.1) is 0 Å². The molecule has 0 unspecified atom stereocenters. The Labute approximate surface area is 145 Å². The van der Waals surface area contributed by atoms with Gasteiger partial charge in [-0.3, -0.25) is 0 Å². The molecule has 0 amide bonds. The molecule has 0 fully saturated rings. The van der Waals surface area contributed by atoms with Gasteiger partial charge in [-0.25, -0.2) is 0 Å². The van der Waals surface area contributed by atoms with Crippen LogP contribution in [-0.4, -0.2) is 0 Å². The highest BCUT2D eigenvalue weighted by Gasteiger charge is 2.19. The summed E-state index contributed by atoms with van der Waals surface area (Å²) in [5.41, 5.74) is 0. The topological polar surface area (TPSA) is 0 Å². The van der Waals surface area contributed by atoms with Crippen molar-refractivity contribution in [2.75, 3.05) is 0 Å². The summed E-state index contributed by atoms with van der Waals surface area (Å²) in [6.07, 6.45) is 0. The lowest BCUT2D eigenvalue weighted by molar-refractivity contribution is 1.75. The maximum Gasteiger partial charge on any atom is 0.0594 e. The van der Waals surface area contributed by atoms with Crippen molar-refractivity contribution in [2.24, 2.45) is 0 Å². The zero-order chi connectivity index (χ0) is 14.6. The van der Waals surface area contributed by atoms with E-state index in [1.54, 1.807) is 24.3 Å². The van der Waals surface area contributed by atoms with Crippen LogP contribution in [0.15, 0.2) is 24.3 Å². The Hall–Kier alpha value is -0.0800.